The molecule has 0 bridgehead atoms. The molecule has 1 heterocycles. The molecule has 0 saturated carbocycles. The van der Waals surface area contributed by atoms with Crippen LogP contribution < -0.4 is 5.32 Å². The molecule has 20 heavy (non-hydrogen) atoms. The number of halogens is 3. The lowest BCUT2D eigenvalue weighted by Crippen LogP contribution is -2.13. The minimum absolute atomic E-state index is 0.188. The van der Waals surface area contributed by atoms with E-state index in [1.807, 2.05) is 6.92 Å². The van der Waals surface area contributed by atoms with Crippen LogP contribution in [0.15, 0.2) is 39.0 Å². The van der Waals surface area contributed by atoms with E-state index in [0.717, 1.165) is 18.3 Å². The minimum Gasteiger partial charge on any atom is -0.313 e. The fourth-order valence-corrected chi connectivity index (χ4v) is 3.33. The maximum atomic E-state index is 13.1. The van der Waals surface area contributed by atoms with Crippen LogP contribution in [0.3, 0.4) is 0 Å². The van der Waals surface area contributed by atoms with Crippen LogP contribution in [0.4, 0.5) is 13.2 Å². The first-order chi connectivity index (χ1) is 9.50. The first kappa shape index (κ1) is 15.3. The van der Waals surface area contributed by atoms with Gasteiger partial charge in [0.2, 0.25) is 0 Å². The molecular weight excluding hydrogens is 305 g/mol. The molecule has 1 aromatic heterocycles. The predicted molar refractivity (Wildman–Crippen MR) is 75.1 cm³/mol. The number of nitrogens with zero attached hydrogens (tertiary/aromatic N) is 1. The van der Waals surface area contributed by atoms with E-state index >= 15 is 0 Å². The number of aromatic nitrogens is 1. The quantitative estimate of drug-likeness (QED) is 0.883. The van der Waals surface area contributed by atoms with Gasteiger partial charge in [0.05, 0.1) is 5.56 Å². The summed E-state index contributed by atoms with van der Waals surface area (Å²) in [7, 11) is 0. The van der Waals surface area contributed by atoms with E-state index in [1.54, 1.807) is 17.6 Å². The Morgan fingerprint density at radius 3 is 2.75 bits per heavy atom. The third-order valence-electron chi connectivity index (χ3n) is 2.54. The predicted octanol–water partition coefficient (Wildman–Crippen LogP) is 4.42. The fraction of sp³-hybridized carbons (Fsp3) is 0.308. The average Bonchev–Trinajstić information content (AvgIpc) is 2.89. The number of hydrogen-bond donors (Lipinski definition) is 1. The summed E-state index contributed by atoms with van der Waals surface area (Å²) in [6.07, 6.45) is -2.78. The van der Waals surface area contributed by atoms with Crippen LogP contribution in [0, 0.1) is 0 Å². The molecule has 0 saturated heterocycles. The lowest BCUT2D eigenvalue weighted by atomic mass is 10.1. The molecule has 0 radical (unpaired) electrons. The zero-order valence-electron chi connectivity index (χ0n) is 10.7. The topological polar surface area (TPSA) is 24.9 Å². The molecule has 0 spiro atoms. The third kappa shape index (κ3) is 3.97. The zero-order chi connectivity index (χ0) is 14.6. The molecule has 0 aliphatic heterocycles. The van der Waals surface area contributed by atoms with Crippen LogP contribution in [0.25, 0.3) is 0 Å². The van der Waals surface area contributed by atoms with Crippen LogP contribution in [0.1, 0.15) is 18.1 Å². The van der Waals surface area contributed by atoms with Gasteiger partial charge in [0.25, 0.3) is 0 Å². The molecule has 2 aromatic rings. The van der Waals surface area contributed by atoms with E-state index in [1.165, 1.54) is 23.5 Å². The van der Waals surface area contributed by atoms with Crippen molar-refractivity contribution in [3.63, 3.8) is 0 Å². The van der Waals surface area contributed by atoms with Crippen molar-refractivity contribution in [3.05, 3.63) is 40.9 Å². The Kier molecular flexibility index (Phi) is 5.06. The highest BCUT2D eigenvalue weighted by Gasteiger charge is 2.34. The molecule has 108 valence electrons. The molecular formula is C13H13F3N2S2. The van der Waals surface area contributed by atoms with E-state index in [0.29, 0.717) is 16.4 Å². The Morgan fingerprint density at radius 1 is 1.35 bits per heavy atom. The fourth-order valence-electron chi connectivity index (χ4n) is 1.62. The van der Waals surface area contributed by atoms with Crippen molar-refractivity contribution in [2.75, 3.05) is 6.54 Å². The van der Waals surface area contributed by atoms with Crippen molar-refractivity contribution in [2.45, 2.75) is 28.9 Å². The Hall–Kier alpha value is -1.05. The summed E-state index contributed by atoms with van der Waals surface area (Å²) in [6.45, 7) is 3.07. The van der Waals surface area contributed by atoms with Gasteiger partial charge in [-0.1, -0.05) is 24.8 Å². The first-order valence-electron chi connectivity index (χ1n) is 5.99. The molecule has 0 amide bonds. The maximum Gasteiger partial charge on any atom is 0.417 e. The van der Waals surface area contributed by atoms with Gasteiger partial charge in [-0.3, -0.25) is 0 Å². The summed E-state index contributed by atoms with van der Waals surface area (Å²) >= 11 is 2.37. The Morgan fingerprint density at radius 2 is 2.15 bits per heavy atom. The largest absolute Gasteiger partial charge is 0.417 e. The SMILES string of the molecule is CCNCc1ccc(Sc2nccs2)c(C(F)(F)F)c1. The van der Waals surface area contributed by atoms with Gasteiger partial charge in [0, 0.05) is 23.0 Å². The summed E-state index contributed by atoms with van der Waals surface area (Å²) in [4.78, 5) is 4.20. The van der Waals surface area contributed by atoms with E-state index in [4.69, 9.17) is 0 Å². The van der Waals surface area contributed by atoms with Gasteiger partial charge in [-0.15, -0.1) is 11.3 Å². The number of hydrogen-bond acceptors (Lipinski definition) is 4. The van der Waals surface area contributed by atoms with Crippen LogP contribution >= 0.6 is 23.1 Å². The summed E-state index contributed by atoms with van der Waals surface area (Å²) in [5.74, 6) is 0. The molecule has 0 atom stereocenters. The standard InChI is InChI=1S/C13H13F3N2S2/c1-2-17-8-9-3-4-11(10(7-9)13(14,15)16)20-12-18-5-6-19-12/h3-7,17H,2,8H2,1H3. The van der Waals surface area contributed by atoms with E-state index in [9.17, 15) is 13.2 Å². The van der Waals surface area contributed by atoms with Crippen LogP contribution in [0.5, 0.6) is 0 Å². The molecule has 0 aliphatic carbocycles. The van der Waals surface area contributed by atoms with Crippen molar-refractivity contribution < 1.29 is 13.2 Å². The third-order valence-corrected chi connectivity index (χ3v) is 4.49. The molecule has 0 unspecified atom stereocenters. The lowest BCUT2D eigenvalue weighted by molar-refractivity contribution is -0.139. The molecule has 1 aromatic carbocycles. The second kappa shape index (κ2) is 6.60. The van der Waals surface area contributed by atoms with Crippen molar-refractivity contribution >= 4 is 23.1 Å². The number of alkyl halides is 3. The highest BCUT2D eigenvalue weighted by atomic mass is 32.2. The second-order valence-electron chi connectivity index (χ2n) is 4.01. The number of benzene rings is 1. The zero-order valence-corrected chi connectivity index (χ0v) is 12.3. The molecule has 1 N–H and O–H groups in total. The monoisotopic (exact) mass is 318 g/mol. The summed E-state index contributed by atoms with van der Waals surface area (Å²) in [5.41, 5.74) is 0.0239. The Labute approximate surface area is 123 Å². The summed E-state index contributed by atoms with van der Waals surface area (Å²) in [6, 6.07) is 4.44. The average molecular weight is 318 g/mol. The summed E-state index contributed by atoms with van der Waals surface area (Å²) < 4.78 is 40.0. The number of nitrogens with one attached hydrogen (secondary N) is 1. The Bertz CT molecular complexity index is 553. The minimum atomic E-state index is -4.36. The van der Waals surface area contributed by atoms with Crippen LogP contribution in [-0.2, 0) is 12.7 Å². The first-order valence-corrected chi connectivity index (χ1v) is 7.68. The van der Waals surface area contributed by atoms with E-state index in [-0.39, 0.29) is 4.90 Å². The lowest BCUT2D eigenvalue weighted by Gasteiger charge is -2.13. The van der Waals surface area contributed by atoms with Gasteiger partial charge in [-0.2, -0.15) is 13.2 Å². The molecule has 0 fully saturated rings. The number of rotatable bonds is 5. The van der Waals surface area contributed by atoms with Crippen molar-refractivity contribution in [3.8, 4) is 0 Å². The second-order valence-corrected chi connectivity index (χ2v) is 6.19. The van der Waals surface area contributed by atoms with Gasteiger partial charge in [0.15, 0.2) is 4.34 Å². The van der Waals surface area contributed by atoms with Crippen molar-refractivity contribution in [2.24, 2.45) is 0 Å². The van der Waals surface area contributed by atoms with E-state index in [2.05, 4.69) is 10.3 Å². The van der Waals surface area contributed by atoms with Gasteiger partial charge in [-0.25, -0.2) is 4.98 Å². The summed E-state index contributed by atoms with van der Waals surface area (Å²) in [5, 5.41) is 4.77. The van der Waals surface area contributed by atoms with Crippen LogP contribution in [-0.4, -0.2) is 11.5 Å². The van der Waals surface area contributed by atoms with Gasteiger partial charge < -0.3 is 5.32 Å². The van der Waals surface area contributed by atoms with Crippen molar-refractivity contribution in [1.82, 2.24) is 10.3 Å². The molecule has 2 rings (SSSR count). The molecule has 7 heteroatoms. The highest BCUT2D eigenvalue weighted by molar-refractivity contribution is 8.01. The van der Waals surface area contributed by atoms with E-state index < -0.39 is 11.7 Å². The number of thiazole rings is 1. The smallest absolute Gasteiger partial charge is 0.313 e. The Balaban J connectivity index is 2.30. The van der Waals surface area contributed by atoms with Gasteiger partial charge in [0.1, 0.15) is 0 Å². The molecule has 2 nitrogen and oxygen atoms in total. The maximum absolute atomic E-state index is 13.1. The van der Waals surface area contributed by atoms with Gasteiger partial charge in [-0.05, 0) is 24.2 Å². The normalized spacial score (nSPS) is 11.8. The highest BCUT2D eigenvalue weighted by Crippen LogP contribution is 2.40. The molecule has 0 aliphatic rings. The van der Waals surface area contributed by atoms with Crippen LogP contribution in [0.2, 0.25) is 0 Å². The van der Waals surface area contributed by atoms with Gasteiger partial charge >= 0.3 is 6.18 Å². The van der Waals surface area contributed by atoms with Crippen molar-refractivity contribution in [1.29, 1.82) is 0 Å².